The molecule has 2 amide bonds. The van der Waals surface area contributed by atoms with Gasteiger partial charge < -0.3 is 15.0 Å². The first-order valence-electron chi connectivity index (χ1n) is 9.05. The molecule has 0 bridgehead atoms. The number of carbonyl (C=O) groups is 2. The Morgan fingerprint density at radius 3 is 2.57 bits per heavy atom. The van der Waals surface area contributed by atoms with Gasteiger partial charge in [-0.15, -0.1) is 0 Å². The zero-order valence-corrected chi connectivity index (χ0v) is 16.1. The minimum Gasteiger partial charge on any atom is -0.385 e. The molecule has 0 spiro atoms. The lowest BCUT2D eigenvalue weighted by Gasteiger charge is -2.34. The van der Waals surface area contributed by atoms with Crippen molar-refractivity contribution in [3.63, 3.8) is 0 Å². The van der Waals surface area contributed by atoms with Crippen LogP contribution in [-0.4, -0.2) is 79.5 Å². The van der Waals surface area contributed by atoms with Gasteiger partial charge in [-0.2, -0.15) is 0 Å². The van der Waals surface area contributed by atoms with Crippen molar-refractivity contribution in [2.24, 2.45) is 0 Å². The van der Waals surface area contributed by atoms with Gasteiger partial charge in [0, 0.05) is 58.1 Å². The van der Waals surface area contributed by atoms with E-state index in [4.69, 9.17) is 4.74 Å². The van der Waals surface area contributed by atoms with E-state index in [0.717, 1.165) is 18.6 Å². The third kappa shape index (κ3) is 5.70. The molecule has 0 saturated carbocycles. The lowest BCUT2D eigenvalue weighted by Crippen LogP contribution is -2.51. The first-order chi connectivity index (χ1) is 13.3. The van der Waals surface area contributed by atoms with Crippen LogP contribution in [0.3, 0.4) is 0 Å². The number of hydrogen-bond acceptors (Lipinski definition) is 6. The van der Waals surface area contributed by atoms with Crippen molar-refractivity contribution in [1.82, 2.24) is 15.1 Å². The monoisotopic (exact) mass is 396 g/mol. The summed E-state index contributed by atoms with van der Waals surface area (Å²) in [4.78, 5) is 38.3. The lowest BCUT2D eigenvalue weighted by molar-refractivity contribution is -0.385. The summed E-state index contributed by atoms with van der Waals surface area (Å²) in [7, 11) is 1.60. The molecule has 0 unspecified atom stereocenters. The lowest BCUT2D eigenvalue weighted by atomic mass is 10.1. The van der Waals surface area contributed by atoms with Crippen LogP contribution in [0.1, 0.15) is 22.3 Å². The van der Waals surface area contributed by atoms with Crippen molar-refractivity contribution in [3.05, 3.63) is 39.2 Å². The van der Waals surface area contributed by atoms with Gasteiger partial charge in [-0.1, -0.05) is 0 Å². The third-order valence-electron chi connectivity index (χ3n) is 4.63. The minimum absolute atomic E-state index is 0.0425. The number of rotatable bonds is 8. The summed E-state index contributed by atoms with van der Waals surface area (Å²) in [6.45, 7) is 4.38. The van der Waals surface area contributed by atoms with Crippen LogP contribution in [0.2, 0.25) is 0 Å². The van der Waals surface area contributed by atoms with Gasteiger partial charge in [-0.25, -0.2) is 4.39 Å². The van der Waals surface area contributed by atoms with Gasteiger partial charge in [0.15, 0.2) is 0 Å². The fourth-order valence-corrected chi connectivity index (χ4v) is 2.97. The van der Waals surface area contributed by atoms with E-state index in [9.17, 15) is 24.1 Å². The van der Waals surface area contributed by atoms with E-state index < -0.39 is 22.3 Å². The number of benzene rings is 1. The standard InChI is InChI=1S/C18H25FN4O5/c1-13-15(19)10-14(11-16(13)23(26)27)18(25)22-7-5-21(6-8-22)12-17(24)20-4-3-9-28-2/h10-11H,3-9,12H2,1-2H3,(H,20,24). The molecule has 1 fully saturated rings. The zero-order chi connectivity index (χ0) is 20.7. The van der Waals surface area contributed by atoms with Crippen LogP contribution in [0, 0.1) is 22.9 Å². The molecule has 0 radical (unpaired) electrons. The first-order valence-corrected chi connectivity index (χ1v) is 9.05. The number of hydrogen-bond donors (Lipinski definition) is 1. The number of ether oxygens (including phenoxy) is 1. The highest BCUT2D eigenvalue weighted by Gasteiger charge is 2.26. The average molecular weight is 396 g/mol. The van der Waals surface area contributed by atoms with Crippen molar-refractivity contribution < 1.29 is 23.6 Å². The highest BCUT2D eigenvalue weighted by Crippen LogP contribution is 2.24. The highest BCUT2D eigenvalue weighted by molar-refractivity contribution is 5.95. The van der Waals surface area contributed by atoms with Crippen LogP contribution in [0.4, 0.5) is 10.1 Å². The van der Waals surface area contributed by atoms with Crippen molar-refractivity contribution in [2.75, 3.05) is 53.0 Å². The maximum Gasteiger partial charge on any atom is 0.276 e. The second-order valence-electron chi connectivity index (χ2n) is 6.62. The Labute approximate surface area is 162 Å². The van der Waals surface area contributed by atoms with E-state index in [-0.39, 0.29) is 23.6 Å². The summed E-state index contributed by atoms with van der Waals surface area (Å²) in [5, 5.41) is 13.9. The third-order valence-corrected chi connectivity index (χ3v) is 4.63. The van der Waals surface area contributed by atoms with E-state index in [1.54, 1.807) is 7.11 Å². The van der Waals surface area contributed by atoms with E-state index in [1.807, 2.05) is 4.90 Å². The minimum atomic E-state index is -0.777. The molecule has 0 atom stereocenters. The van der Waals surface area contributed by atoms with E-state index in [2.05, 4.69) is 5.32 Å². The molecular weight excluding hydrogens is 371 g/mol. The van der Waals surface area contributed by atoms with E-state index >= 15 is 0 Å². The molecule has 2 rings (SSSR count). The first kappa shape index (κ1) is 21.7. The molecule has 0 aliphatic carbocycles. The van der Waals surface area contributed by atoms with Crippen LogP contribution in [-0.2, 0) is 9.53 Å². The van der Waals surface area contributed by atoms with Crippen LogP contribution < -0.4 is 5.32 Å². The Kier molecular flexibility index (Phi) is 7.82. The second-order valence-corrected chi connectivity index (χ2v) is 6.62. The Hall–Kier alpha value is -2.59. The van der Waals surface area contributed by atoms with Gasteiger partial charge in [0.25, 0.3) is 11.6 Å². The topological polar surface area (TPSA) is 105 Å². The summed E-state index contributed by atoms with van der Waals surface area (Å²) in [6, 6.07) is 2.14. The average Bonchev–Trinajstić information content (AvgIpc) is 2.67. The maximum absolute atomic E-state index is 13.9. The number of nitrogens with one attached hydrogen (secondary N) is 1. The van der Waals surface area contributed by atoms with Crippen molar-refractivity contribution in [3.8, 4) is 0 Å². The molecule has 1 aromatic carbocycles. The predicted molar refractivity (Wildman–Crippen MR) is 99.6 cm³/mol. The molecular formula is C18H25FN4O5. The zero-order valence-electron chi connectivity index (χ0n) is 16.1. The number of halogens is 1. The number of methoxy groups -OCH3 is 1. The highest BCUT2D eigenvalue weighted by atomic mass is 19.1. The normalized spacial score (nSPS) is 14.8. The molecule has 9 nitrogen and oxygen atoms in total. The summed E-state index contributed by atoms with van der Waals surface area (Å²) in [5.41, 5.74) is -0.547. The Morgan fingerprint density at radius 1 is 1.29 bits per heavy atom. The summed E-state index contributed by atoms with van der Waals surface area (Å²) in [5.74, 6) is -1.32. The fraction of sp³-hybridized carbons (Fsp3) is 0.556. The van der Waals surface area contributed by atoms with Gasteiger partial charge >= 0.3 is 0 Å². The quantitative estimate of drug-likeness (QED) is 0.399. The fourth-order valence-electron chi connectivity index (χ4n) is 2.97. The van der Waals surface area contributed by atoms with Gasteiger partial charge in [0.05, 0.1) is 17.0 Å². The molecule has 1 saturated heterocycles. The summed E-state index contributed by atoms with van der Waals surface area (Å²) >= 11 is 0. The predicted octanol–water partition coefficient (Wildman–Crippen LogP) is 0.953. The van der Waals surface area contributed by atoms with Crippen LogP contribution in [0.15, 0.2) is 12.1 Å². The Balaban J connectivity index is 1.88. The number of amides is 2. The van der Waals surface area contributed by atoms with E-state index in [0.29, 0.717) is 39.3 Å². The van der Waals surface area contributed by atoms with Gasteiger partial charge in [0.2, 0.25) is 5.91 Å². The number of piperazine rings is 1. The Morgan fingerprint density at radius 2 is 1.96 bits per heavy atom. The van der Waals surface area contributed by atoms with Crippen molar-refractivity contribution in [2.45, 2.75) is 13.3 Å². The van der Waals surface area contributed by atoms with Crippen LogP contribution >= 0.6 is 0 Å². The Bertz CT molecular complexity index is 735. The number of nitrogens with zero attached hydrogens (tertiary/aromatic N) is 3. The number of nitro benzene ring substituents is 1. The van der Waals surface area contributed by atoms with Gasteiger partial charge in [-0.05, 0) is 19.4 Å². The SMILES string of the molecule is COCCCNC(=O)CN1CCN(C(=O)c2cc(F)c(C)c([N+](=O)[O-])c2)CC1. The number of carbonyl (C=O) groups excluding carboxylic acids is 2. The molecule has 1 aliphatic rings. The molecule has 10 heteroatoms. The molecule has 1 heterocycles. The molecule has 0 aromatic heterocycles. The van der Waals surface area contributed by atoms with Gasteiger partial charge in [0.1, 0.15) is 5.82 Å². The van der Waals surface area contributed by atoms with Crippen LogP contribution in [0.25, 0.3) is 0 Å². The van der Waals surface area contributed by atoms with Crippen molar-refractivity contribution in [1.29, 1.82) is 0 Å². The molecule has 28 heavy (non-hydrogen) atoms. The molecule has 1 aliphatic heterocycles. The maximum atomic E-state index is 13.9. The molecule has 1 N–H and O–H groups in total. The van der Waals surface area contributed by atoms with E-state index in [1.165, 1.54) is 11.8 Å². The molecule has 1 aromatic rings. The van der Waals surface area contributed by atoms with Crippen LogP contribution in [0.5, 0.6) is 0 Å². The second kappa shape index (κ2) is 10.1. The largest absolute Gasteiger partial charge is 0.385 e. The smallest absolute Gasteiger partial charge is 0.276 e. The number of nitro groups is 1. The van der Waals surface area contributed by atoms with Crippen molar-refractivity contribution >= 4 is 17.5 Å². The van der Waals surface area contributed by atoms with Gasteiger partial charge in [-0.3, -0.25) is 24.6 Å². The summed E-state index contributed by atoms with van der Waals surface area (Å²) in [6.07, 6.45) is 0.740. The summed E-state index contributed by atoms with van der Waals surface area (Å²) < 4.78 is 18.9. The molecule has 154 valence electrons.